The van der Waals surface area contributed by atoms with Gasteiger partial charge in [-0.2, -0.15) is 0 Å². The summed E-state index contributed by atoms with van der Waals surface area (Å²) in [4.78, 5) is 34.4. The molecule has 0 unspecified atom stereocenters. The van der Waals surface area contributed by atoms with Gasteiger partial charge in [0, 0.05) is 24.5 Å². The molecule has 0 aromatic carbocycles. The minimum absolute atomic E-state index is 0.249. The average molecular weight is 309 g/mol. The molecule has 1 amide bonds. The quantitative estimate of drug-likeness (QED) is 0.634. The molecule has 2 heterocycles. The van der Waals surface area contributed by atoms with E-state index in [-0.39, 0.29) is 11.6 Å². The van der Waals surface area contributed by atoms with E-state index < -0.39 is 17.9 Å². The van der Waals surface area contributed by atoms with Crippen LogP contribution in [0.5, 0.6) is 0 Å². The molecule has 2 rings (SSSR count). The fraction of sp³-hybridized carbons (Fsp3) is 0.231. The van der Waals surface area contributed by atoms with E-state index in [0.717, 1.165) is 0 Å². The molecule has 0 aliphatic rings. The first-order valence-electron chi connectivity index (χ1n) is 6.07. The molecule has 0 saturated heterocycles. The number of nitrogens with zero attached hydrogens (tertiary/aromatic N) is 2. The molecule has 110 valence electrons. The molecule has 0 spiro atoms. The van der Waals surface area contributed by atoms with Crippen LogP contribution in [0, 0.1) is 0 Å². The van der Waals surface area contributed by atoms with Crippen LogP contribution in [0.3, 0.4) is 0 Å². The fourth-order valence-corrected chi connectivity index (χ4v) is 1.82. The summed E-state index contributed by atoms with van der Waals surface area (Å²) < 4.78 is 4.69. The zero-order valence-corrected chi connectivity index (χ0v) is 11.9. The highest BCUT2D eigenvalue weighted by atomic mass is 35.5. The lowest BCUT2D eigenvalue weighted by atomic mass is 10.1. The highest BCUT2D eigenvalue weighted by Crippen LogP contribution is 2.07. The third-order valence-corrected chi connectivity index (χ3v) is 2.98. The number of ether oxygens (including phenoxy) is 1. The van der Waals surface area contributed by atoms with Crippen molar-refractivity contribution >= 4 is 23.5 Å². The van der Waals surface area contributed by atoms with Gasteiger partial charge in [0.2, 0.25) is 0 Å². The minimum Gasteiger partial charge on any atom is -0.467 e. The van der Waals surface area contributed by atoms with E-state index in [4.69, 9.17) is 16.3 Å². The van der Waals surface area contributed by atoms with Gasteiger partial charge in [-0.3, -0.25) is 4.79 Å². The van der Waals surface area contributed by atoms with Crippen LogP contribution in [-0.4, -0.2) is 40.0 Å². The molecule has 2 aromatic rings. The Morgan fingerprint density at radius 3 is 2.81 bits per heavy atom. The molecule has 8 heteroatoms. The predicted octanol–water partition coefficient (Wildman–Crippen LogP) is 0.972. The van der Waals surface area contributed by atoms with Gasteiger partial charge in [-0.15, -0.1) is 0 Å². The third-order valence-electron chi connectivity index (χ3n) is 2.76. The Morgan fingerprint density at radius 2 is 2.24 bits per heavy atom. The van der Waals surface area contributed by atoms with E-state index in [2.05, 4.69) is 20.3 Å². The first-order chi connectivity index (χ1) is 10.1. The zero-order valence-electron chi connectivity index (χ0n) is 11.2. The molecule has 0 aliphatic carbocycles. The maximum atomic E-state index is 12.1. The standard InChI is InChI=1S/C13H13ClN4O3/c1-21-13(20)10(4-9-6-15-7-17-9)18-12(19)8-2-3-11(14)16-5-8/h2-3,5-7,10H,4H2,1H3,(H,15,17)(H,18,19)/t10-/m0/s1. The minimum atomic E-state index is -0.821. The molecule has 0 radical (unpaired) electrons. The Labute approximate surface area is 125 Å². The van der Waals surface area contributed by atoms with Gasteiger partial charge in [0.1, 0.15) is 11.2 Å². The summed E-state index contributed by atoms with van der Waals surface area (Å²) in [7, 11) is 1.26. The van der Waals surface area contributed by atoms with Gasteiger partial charge >= 0.3 is 5.97 Å². The largest absolute Gasteiger partial charge is 0.467 e. The fourth-order valence-electron chi connectivity index (χ4n) is 1.70. The third kappa shape index (κ3) is 4.03. The Morgan fingerprint density at radius 1 is 1.43 bits per heavy atom. The lowest BCUT2D eigenvalue weighted by Crippen LogP contribution is -2.43. The Hall–Kier alpha value is -2.41. The van der Waals surface area contributed by atoms with Crippen molar-refractivity contribution < 1.29 is 14.3 Å². The van der Waals surface area contributed by atoms with E-state index >= 15 is 0 Å². The van der Waals surface area contributed by atoms with E-state index in [1.165, 1.54) is 31.8 Å². The van der Waals surface area contributed by atoms with Gasteiger partial charge in [0.25, 0.3) is 5.91 Å². The van der Waals surface area contributed by atoms with Gasteiger partial charge in [-0.25, -0.2) is 14.8 Å². The number of nitrogens with one attached hydrogen (secondary N) is 2. The molecule has 21 heavy (non-hydrogen) atoms. The lowest BCUT2D eigenvalue weighted by molar-refractivity contribution is -0.142. The van der Waals surface area contributed by atoms with E-state index in [1.54, 1.807) is 6.20 Å². The normalized spacial score (nSPS) is 11.7. The highest BCUT2D eigenvalue weighted by Gasteiger charge is 2.23. The summed E-state index contributed by atoms with van der Waals surface area (Å²) >= 11 is 5.66. The van der Waals surface area contributed by atoms with Crippen LogP contribution in [0.4, 0.5) is 0 Å². The zero-order chi connectivity index (χ0) is 15.2. The second-order valence-electron chi connectivity index (χ2n) is 4.20. The maximum absolute atomic E-state index is 12.1. The van der Waals surface area contributed by atoms with Crippen molar-refractivity contribution in [2.45, 2.75) is 12.5 Å². The number of amides is 1. The van der Waals surface area contributed by atoms with E-state index in [1.807, 2.05) is 0 Å². The number of imidazole rings is 1. The summed E-state index contributed by atoms with van der Waals surface area (Å²) in [5.41, 5.74) is 1.01. The Kier molecular flexibility index (Phi) is 4.89. The first kappa shape index (κ1) is 15.0. The molecule has 0 bridgehead atoms. The van der Waals surface area contributed by atoms with Crippen LogP contribution in [0.25, 0.3) is 0 Å². The lowest BCUT2D eigenvalue weighted by Gasteiger charge is -2.15. The van der Waals surface area contributed by atoms with E-state index in [0.29, 0.717) is 11.3 Å². The molecule has 0 fully saturated rings. The summed E-state index contributed by atoms with van der Waals surface area (Å²) in [5.74, 6) is -0.978. The molecule has 7 nitrogen and oxygen atoms in total. The van der Waals surface area contributed by atoms with Gasteiger partial charge in [-0.05, 0) is 12.1 Å². The van der Waals surface area contributed by atoms with Gasteiger partial charge < -0.3 is 15.0 Å². The monoisotopic (exact) mass is 308 g/mol. The number of esters is 1. The number of aromatic nitrogens is 3. The van der Waals surface area contributed by atoms with Crippen molar-refractivity contribution in [3.05, 3.63) is 47.3 Å². The number of hydrogen-bond donors (Lipinski definition) is 2. The molecule has 2 N–H and O–H groups in total. The molecular formula is C13H13ClN4O3. The molecule has 0 saturated carbocycles. The SMILES string of the molecule is COC(=O)[C@H](Cc1cnc[nH]1)NC(=O)c1ccc(Cl)nc1. The summed E-state index contributed by atoms with van der Waals surface area (Å²) in [6, 6.07) is 2.20. The van der Waals surface area contributed by atoms with Crippen LogP contribution >= 0.6 is 11.6 Å². The van der Waals surface area contributed by atoms with Crippen LogP contribution in [0.1, 0.15) is 16.1 Å². The van der Waals surface area contributed by atoms with E-state index in [9.17, 15) is 9.59 Å². The van der Waals surface area contributed by atoms with Crippen LogP contribution in [0.15, 0.2) is 30.9 Å². The maximum Gasteiger partial charge on any atom is 0.328 e. The number of hydrogen-bond acceptors (Lipinski definition) is 5. The van der Waals surface area contributed by atoms with Crippen LogP contribution in [0.2, 0.25) is 5.15 Å². The number of carbonyl (C=O) groups is 2. The van der Waals surface area contributed by atoms with Crippen molar-refractivity contribution in [3.63, 3.8) is 0 Å². The summed E-state index contributed by atoms with van der Waals surface area (Å²) in [6.07, 6.45) is 4.65. The predicted molar refractivity (Wildman–Crippen MR) is 74.8 cm³/mol. The van der Waals surface area contributed by atoms with Gasteiger partial charge in [0.15, 0.2) is 0 Å². The highest BCUT2D eigenvalue weighted by molar-refractivity contribution is 6.29. The first-order valence-corrected chi connectivity index (χ1v) is 6.45. The molecule has 1 atom stereocenters. The average Bonchev–Trinajstić information content (AvgIpc) is 2.99. The second-order valence-corrected chi connectivity index (χ2v) is 4.59. The molecule has 2 aromatic heterocycles. The van der Waals surface area contributed by atoms with Crippen molar-refractivity contribution in [2.75, 3.05) is 7.11 Å². The number of halogens is 1. The number of rotatable bonds is 5. The number of H-pyrrole nitrogens is 1. The van der Waals surface area contributed by atoms with Crippen molar-refractivity contribution in [2.24, 2.45) is 0 Å². The summed E-state index contributed by atoms with van der Waals surface area (Å²) in [5, 5.41) is 2.88. The van der Waals surface area contributed by atoms with Crippen LogP contribution in [-0.2, 0) is 16.0 Å². The summed E-state index contributed by atoms with van der Waals surface area (Å²) in [6.45, 7) is 0. The number of pyridine rings is 1. The Balaban J connectivity index is 2.09. The van der Waals surface area contributed by atoms with Gasteiger partial charge in [0.05, 0.1) is 19.0 Å². The van der Waals surface area contributed by atoms with Crippen LogP contribution < -0.4 is 5.32 Å². The molecule has 0 aliphatic heterocycles. The second kappa shape index (κ2) is 6.85. The number of methoxy groups -OCH3 is 1. The smallest absolute Gasteiger partial charge is 0.328 e. The van der Waals surface area contributed by atoms with Gasteiger partial charge in [-0.1, -0.05) is 11.6 Å². The Bertz CT molecular complexity index is 613. The molecular weight excluding hydrogens is 296 g/mol. The number of aromatic amines is 1. The van der Waals surface area contributed by atoms with Crippen molar-refractivity contribution in [1.29, 1.82) is 0 Å². The topological polar surface area (TPSA) is 97.0 Å². The van der Waals surface area contributed by atoms with Crippen molar-refractivity contribution in [3.8, 4) is 0 Å². The van der Waals surface area contributed by atoms with Crippen molar-refractivity contribution in [1.82, 2.24) is 20.3 Å². The number of carbonyl (C=O) groups excluding carboxylic acids is 2.